The first-order valence-electron chi connectivity index (χ1n) is 6.65. The van der Waals surface area contributed by atoms with Crippen LogP contribution >= 0.6 is 0 Å². The number of nitro groups is 1. The minimum absolute atomic E-state index is 0.00202. The molecule has 0 radical (unpaired) electrons. The van der Waals surface area contributed by atoms with Gasteiger partial charge in [0.2, 0.25) is 0 Å². The van der Waals surface area contributed by atoms with Crippen LogP contribution in [0.15, 0.2) is 48.5 Å². The van der Waals surface area contributed by atoms with Gasteiger partial charge >= 0.3 is 0 Å². The number of carbonyl (C=O) groups excluding carboxylic acids is 1. The Balaban J connectivity index is 2.24. The predicted octanol–water partition coefficient (Wildman–Crippen LogP) is 2.88. The number of hydrogen-bond acceptors (Lipinski definition) is 4. The topological polar surface area (TPSA) is 72.7 Å². The minimum atomic E-state index is -0.448. The predicted molar refractivity (Wildman–Crippen MR) is 81.9 cm³/mol. The molecule has 114 valence electrons. The van der Waals surface area contributed by atoms with Gasteiger partial charge in [-0.15, -0.1) is 0 Å². The number of carbonyl (C=O) groups is 1. The Morgan fingerprint density at radius 1 is 1.18 bits per heavy atom. The fourth-order valence-electron chi connectivity index (χ4n) is 2.18. The number of amides is 1. The molecule has 0 bridgehead atoms. The molecule has 0 N–H and O–H groups in total. The summed E-state index contributed by atoms with van der Waals surface area (Å²) in [5, 5.41) is 11.0. The number of para-hydroxylation sites is 2. The lowest BCUT2D eigenvalue weighted by Crippen LogP contribution is -2.26. The van der Waals surface area contributed by atoms with Gasteiger partial charge in [0.15, 0.2) is 0 Å². The van der Waals surface area contributed by atoms with Crippen LogP contribution in [0.1, 0.15) is 15.9 Å². The summed E-state index contributed by atoms with van der Waals surface area (Å²) in [5.41, 5.74) is 0.909. The molecule has 0 aliphatic heterocycles. The number of rotatable bonds is 5. The van der Waals surface area contributed by atoms with E-state index in [1.807, 2.05) is 0 Å². The first-order chi connectivity index (χ1) is 10.5. The van der Waals surface area contributed by atoms with Gasteiger partial charge in [-0.05, 0) is 12.1 Å². The van der Waals surface area contributed by atoms with E-state index in [0.717, 1.165) is 0 Å². The van der Waals surface area contributed by atoms with E-state index < -0.39 is 4.92 Å². The van der Waals surface area contributed by atoms with Crippen molar-refractivity contribution in [3.63, 3.8) is 0 Å². The summed E-state index contributed by atoms with van der Waals surface area (Å²) in [6.07, 6.45) is 0. The Bertz CT molecular complexity index is 700. The van der Waals surface area contributed by atoms with Crippen LogP contribution in [0.3, 0.4) is 0 Å². The van der Waals surface area contributed by atoms with Crippen LogP contribution < -0.4 is 4.74 Å². The molecular formula is C16H16N2O4. The molecule has 1 amide bonds. The van der Waals surface area contributed by atoms with Gasteiger partial charge in [-0.25, -0.2) is 0 Å². The second-order valence-corrected chi connectivity index (χ2v) is 4.75. The number of hydrogen-bond donors (Lipinski definition) is 0. The average Bonchev–Trinajstić information content (AvgIpc) is 2.54. The highest BCUT2D eigenvalue weighted by Crippen LogP contribution is 2.22. The Labute approximate surface area is 128 Å². The maximum absolute atomic E-state index is 12.5. The van der Waals surface area contributed by atoms with E-state index >= 15 is 0 Å². The van der Waals surface area contributed by atoms with Gasteiger partial charge in [-0.2, -0.15) is 0 Å². The van der Waals surface area contributed by atoms with Gasteiger partial charge in [-0.3, -0.25) is 14.9 Å². The van der Waals surface area contributed by atoms with Crippen LogP contribution in [0.2, 0.25) is 0 Å². The Morgan fingerprint density at radius 2 is 1.82 bits per heavy atom. The van der Waals surface area contributed by atoms with Crippen LogP contribution in [0.5, 0.6) is 5.75 Å². The Hall–Kier alpha value is -2.89. The third kappa shape index (κ3) is 3.22. The van der Waals surface area contributed by atoms with Crippen molar-refractivity contribution in [3.8, 4) is 5.75 Å². The van der Waals surface area contributed by atoms with Gasteiger partial charge < -0.3 is 9.64 Å². The van der Waals surface area contributed by atoms with Crippen molar-refractivity contribution in [2.45, 2.75) is 6.54 Å². The van der Waals surface area contributed by atoms with Crippen LogP contribution in [0, 0.1) is 10.1 Å². The fraction of sp³-hybridized carbons (Fsp3) is 0.188. The van der Waals surface area contributed by atoms with Crippen molar-refractivity contribution in [1.82, 2.24) is 4.90 Å². The molecule has 2 aromatic carbocycles. The first kappa shape index (κ1) is 15.5. The molecule has 0 saturated carbocycles. The molecule has 0 unspecified atom stereocenters. The zero-order valence-corrected chi connectivity index (χ0v) is 12.4. The molecule has 0 atom stereocenters. The molecule has 0 heterocycles. The standard InChI is InChI=1S/C16H16N2O4/c1-17(11-12-7-3-5-9-14(12)18(20)21)16(19)13-8-4-6-10-15(13)22-2/h3-10H,11H2,1-2H3. The highest BCUT2D eigenvalue weighted by Gasteiger charge is 2.19. The molecule has 0 aromatic heterocycles. The number of ether oxygens (including phenoxy) is 1. The van der Waals surface area contributed by atoms with Gasteiger partial charge in [0.05, 0.1) is 24.1 Å². The minimum Gasteiger partial charge on any atom is -0.496 e. The van der Waals surface area contributed by atoms with E-state index in [4.69, 9.17) is 4.74 Å². The number of nitro benzene ring substituents is 1. The lowest BCUT2D eigenvalue weighted by molar-refractivity contribution is -0.385. The van der Waals surface area contributed by atoms with Crippen LogP contribution in [0.4, 0.5) is 5.69 Å². The summed E-state index contributed by atoms with van der Waals surface area (Å²) >= 11 is 0. The van der Waals surface area contributed by atoms with Gasteiger partial charge in [0, 0.05) is 18.7 Å². The number of nitrogens with zero attached hydrogens (tertiary/aromatic N) is 2. The van der Waals surface area contributed by atoms with Crippen LogP contribution in [0.25, 0.3) is 0 Å². The van der Waals surface area contributed by atoms with Crippen molar-refractivity contribution < 1.29 is 14.5 Å². The summed E-state index contributed by atoms with van der Waals surface area (Å²) < 4.78 is 5.17. The molecule has 0 spiro atoms. The third-order valence-electron chi connectivity index (χ3n) is 3.28. The molecule has 2 aromatic rings. The molecule has 0 aliphatic carbocycles. The lowest BCUT2D eigenvalue weighted by atomic mass is 10.1. The highest BCUT2D eigenvalue weighted by molar-refractivity contribution is 5.96. The summed E-state index contributed by atoms with van der Waals surface area (Å²) in [6, 6.07) is 13.3. The van der Waals surface area contributed by atoms with E-state index in [0.29, 0.717) is 16.9 Å². The van der Waals surface area contributed by atoms with E-state index in [1.54, 1.807) is 49.5 Å². The summed E-state index contributed by atoms with van der Waals surface area (Å²) in [6.45, 7) is 0.147. The fourth-order valence-corrected chi connectivity index (χ4v) is 2.18. The molecule has 6 heteroatoms. The van der Waals surface area contributed by atoms with Gasteiger partial charge in [0.1, 0.15) is 5.75 Å². The van der Waals surface area contributed by atoms with E-state index in [2.05, 4.69) is 0 Å². The highest BCUT2D eigenvalue weighted by atomic mass is 16.6. The summed E-state index contributed by atoms with van der Waals surface area (Å²) in [5.74, 6) is 0.220. The van der Waals surface area contributed by atoms with Crippen molar-refractivity contribution in [1.29, 1.82) is 0 Å². The molecule has 0 saturated heterocycles. The quantitative estimate of drug-likeness (QED) is 0.628. The summed E-state index contributed by atoms with van der Waals surface area (Å²) in [7, 11) is 3.10. The molecular weight excluding hydrogens is 284 g/mol. The van der Waals surface area contributed by atoms with Gasteiger partial charge in [-0.1, -0.05) is 30.3 Å². The van der Waals surface area contributed by atoms with Crippen molar-refractivity contribution in [3.05, 3.63) is 69.8 Å². The maximum Gasteiger partial charge on any atom is 0.274 e. The monoisotopic (exact) mass is 300 g/mol. The molecule has 2 rings (SSSR count). The largest absolute Gasteiger partial charge is 0.496 e. The zero-order chi connectivity index (χ0) is 16.1. The molecule has 22 heavy (non-hydrogen) atoms. The van der Waals surface area contributed by atoms with E-state index in [-0.39, 0.29) is 18.1 Å². The van der Waals surface area contributed by atoms with Crippen molar-refractivity contribution >= 4 is 11.6 Å². The van der Waals surface area contributed by atoms with Crippen molar-refractivity contribution in [2.24, 2.45) is 0 Å². The maximum atomic E-state index is 12.5. The SMILES string of the molecule is COc1ccccc1C(=O)N(C)Cc1ccccc1[N+](=O)[O-]. The summed E-state index contributed by atoms with van der Waals surface area (Å²) in [4.78, 5) is 24.5. The van der Waals surface area contributed by atoms with Crippen LogP contribution in [-0.4, -0.2) is 29.9 Å². The molecule has 6 nitrogen and oxygen atoms in total. The smallest absolute Gasteiger partial charge is 0.274 e. The Kier molecular flexibility index (Phi) is 4.73. The molecule has 0 fully saturated rings. The Morgan fingerprint density at radius 3 is 2.50 bits per heavy atom. The number of methoxy groups -OCH3 is 1. The van der Waals surface area contributed by atoms with Gasteiger partial charge in [0.25, 0.3) is 11.6 Å². The van der Waals surface area contributed by atoms with Crippen LogP contribution in [-0.2, 0) is 6.54 Å². The molecule has 0 aliphatic rings. The lowest BCUT2D eigenvalue weighted by Gasteiger charge is -2.18. The second kappa shape index (κ2) is 6.71. The number of benzene rings is 2. The third-order valence-corrected chi connectivity index (χ3v) is 3.28. The normalized spacial score (nSPS) is 10.1. The second-order valence-electron chi connectivity index (χ2n) is 4.75. The van der Waals surface area contributed by atoms with E-state index in [9.17, 15) is 14.9 Å². The average molecular weight is 300 g/mol. The van der Waals surface area contributed by atoms with E-state index in [1.165, 1.54) is 18.1 Å². The zero-order valence-electron chi connectivity index (χ0n) is 12.4. The first-order valence-corrected chi connectivity index (χ1v) is 6.65. The van der Waals surface area contributed by atoms with Crippen molar-refractivity contribution in [2.75, 3.05) is 14.2 Å².